The van der Waals surface area contributed by atoms with Gasteiger partial charge in [0.05, 0.1) is 0 Å². The molecule has 1 rings (SSSR count). The lowest BCUT2D eigenvalue weighted by Gasteiger charge is -2.20. The van der Waals surface area contributed by atoms with E-state index in [0.29, 0.717) is 0 Å². The number of aromatic nitrogens is 1. The molecule has 0 saturated carbocycles. The predicted molar refractivity (Wildman–Crippen MR) is 77.3 cm³/mol. The summed E-state index contributed by atoms with van der Waals surface area (Å²) in [4.78, 5) is 25.3. The van der Waals surface area contributed by atoms with E-state index >= 15 is 0 Å². The lowest BCUT2D eigenvalue weighted by atomic mass is 9.99. The average molecular weight is 433 g/mol. The van der Waals surface area contributed by atoms with Gasteiger partial charge in [-0.15, -0.1) is 0 Å². The molecule has 0 fully saturated rings. The van der Waals surface area contributed by atoms with Gasteiger partial charge in [-0.05, 0) is 25.0 Å². The molecule has 0 aliphatic rings. The number of aryl methyl sites for hydroxylation is 2. The lowest BCUT2D eigenvalue weighted by Crippen LogP contribution is -2.31. The molecule has 1 aromatic heterocycles. The van der Waals surface area contributed by atoms with Crippen LogP contribution in [0, 0.1) is 13.8 Å². The second-order valence-corrected chi connectivity index (χ2v) is 6.49. The minimum Gasteiger partial charge on any atom is -0.303 e. The van der Waals surface area contributed by atoms with Crippen molar-refractivity contribution in [3.8, 4) is 0 Å². The van der Waals surface area contributed by atoms with E-state index in [1.54, 1.807) is 0 Å². The summed E-state index contributed by atoms with van der Waals surface area (Å²) in [7, 11) is -4.64. The molecule has 0 bridgehead atoms. The molecule has 27 heavy (non-hydrogen) atoms. The van der Waals surface area contributed by atoms with Gasteiger partial charge in [0.1, 0.15) is 0 Å². The highest BCUT2D eigenvalue weighted by Crippen LogP contribution is 2.32. The van der Waals surface area contributed by atoms with E-state index in [2.05, 4.69) is 4.98 Å². The Kier molecular flexibility index (Phi) is 8.82. The summed E-state index contributed by atoms with van der Waals surface area (Å²) in [6.45, 7) is 2.50. The SMILES string of the molecule is Cc1nc(C)c(CC(F)(F)C(F)F)cc1CC(F)(F)C(F)F.O=P(O)(O)O. The van der Waals surface area contributed by atoms with Gasteiger partial charge < -0.3 is 14.7 Å². The predicted octanol–water partition coefficient (Wildman–Crippen LogP) is 3.66. The van der Waals surface area contributed by atoms with E-state index in [1.807, 2.05) is 0 Å². The molecule has 0 unspecified atom stereocenters. The Balaban J connectivity index is 0.00000119. The Labute approximate surface area is 148 Å². The smallest absolute Gasteiger partial charge is 0.303 e. The molecule has 1 heterocycles. The van der Waals surface area contributed by atoms with Crippen molar-refractivity contribution >= 4 is 7.82 Å². The van der Waals surface area contributed by atoms with Crippen molar-refractivity contribution in [3.63, 3.8) is 0 Å². The highest BCUT2D eigenvalue weighted by Gasteiger charge is 2.43. The Morgan fingerprint density at radius 3 is 1.37 bits per heavy atom. The van der Waals surface area contributed by atoms with Gasteiger partial charge in [-0.3, -0.25) is 4.98 Å². The monoisotopic (exact) mass is 433 g/mol. The molecule has 0 saturated heterocycles. The van der Waals surface area contributed by atoms with E-state index in [0.717, 1.165) is 6.07 Å². The van der Waals surface area contributed by atoms with Crippen molar-refractivity contribution in [2.24, 2.45) is 0 Å². The summed E-state index contributed by atoms with van der Waals surface area (Å²) in [5.41, 5.74) is -0.837. The third-order valence-electron chi connectivity index (χ3n) is 3.10. The highest BCUT2D eigenvalue weighted by atomic mass is 31.2. The first-order chi connectivity index (χ1) is 11.9. The van der Waals surface area contributed by atoms with Crippen molar-refractivity contribution in [2.45, 2.75) is 51.4 Å². The fraction of sp³-hybridized carbons (Fsp3) is 0.615. The zero-order chi connectivity index (χ0) is 21.8. The molecule has 0 aromatic carbocycles. The standard InChI is InChI=1S/C13H13F8N.H3O4P/c1-6-8(4-12(18,19)10(14)15)3-9(7(2)22-6)5-13(20,21)11(16)17;1-5(2,3)4/h3,10-11H,4-5H2,1-2H3;(H3,1,2,3,4). The molecule has 3 N–H and O–H groups in total. The molecule has 1 aromatic rings. The van der Waals surface area contributed by atoms with Crippen LogP contribution in [0.1, 0.15) is 22.5 Å². The second kappa shape index (κ2) is 9.26. The van der Waals surface area contributed by atoms with Gasteiger partial charge in [-0.1, -0.05) is 6.07 Å². The largest absolute Gasteiger partial charge is 0.466 e. The quantitative estimate of drug-likeness (QED) is 0.471. The maximum Gasteiger partial charge on any atom is 0.466 e. The first-order valence-electron chi connectivity index (χ1n) is 6.93. The molecule has 0 aliphatic carbocycles. The number of nitrogens with zero attached hydrogens (tertiary/aromatic N) is 1. The van der Waals surface area contributed by atoms with E-state index in [4.69, 9.17) is 19.2 Å². The van der Waals surface area contributed by atoms with E-state index in [1.165, 1.54) is 13.8 Å². The summed E-state index contributed by atoms with van der Waals surface area (Å²) in [5.74, 6) is -8.71. The number of hydrogen-bond acceptors (Lipinski definition) is 2. The fourth-order valence-corrected chi connectivity index (χ4v) is 1.83. The summed E-state index contributed by atoms with van der Waals surface area (Å²) >= 11 is 0. The maximum absolute atomic E-state index is 13.1. The number of rotatable bonds is 6. The van der Waals surface area contributed by atoms with Crippen molar-refractivity contribution < 1.29 is 54.4 Å². The molecule has 0 spiro atoms. The molecule has 5 nitrogen and oxygen atoms in total. The fourth-order valence-electron chi connectivity index (χ4n) is 1.83. The van der Waals surface area contributed by atoms with Crippen LogP contribution in [0.15, 0.2) is 6.07 Å². The highest BCUT2D eigenvalue weighted by molar-refractivity contribution is 7.45. The number of pyridine rings is 1. The normalized spacial score (nSPS) is 13.0. The maximum atomic E-state index is 13.1. The minimum atomic E-state index is -4.64. The second-order valence-electron chi connectivity index (χ2n) is 5.47. The van der Waals surface area contributed by atoms with Crippen LogP contribution in [0.3, 0.4) is 0 Å². The van der Waals surface area contributed by atoms with Gasteiger partial charge in [0.15, 0.2) is 0 Å². The van der Waals surface area contributed by atoms with E-state index in [-0.39, 0.29) is 22.5 Å². The van der Waals surface area contributed by atoms with Crippen LogP contribution in [0.5, 0.6) is 0 Å². The zero-order valence-electron chi connectivity index (χ0n) is 13.8. The van der Waals surface area contributed by atoms with Gasteiger partial charge in [-0.25, -0.2) is 22.1 Å². The summed E-state index contributed by atoms with van der Waals surface area (Å²) in [5, 5.41) is 0. The molecule has 0 amide bonds. The number of hydrogen-bond donors (Lipinski definition) is 3. The van der Waals surface area contributed by atoms with Gasteiger partial charge in [0, 0.05) is 24.2 Å². The topological polar surface area (TPSA) is 90.7 Å². The van der Waals surface area contributed by atoms with Gasteiger partial charge in [-0.2, -0.15) is 17.6 Å². The molecule has 14 heteroatoms. The van der Waals surface area contributed by atoms with Crippen LogP contribution >= 0.6 is 7.82 Å². The number of alkyl halides is 8. The van der Waals surface area contributed by atoms with Crippen molar-refractivity contribution in [1.82, 2.24) is 4.98 Å². The van der Waals surface area contributed by atoms with Crippen LogP contribution < -0.4 is 0 Å². The van der Waals surface area contributed by atoms with Crippen LogP contribution in [0.25, 0.3) is 0 Å². The molecule has 0 radical (unpaired) electrons. The molecule has 0 atom stereocenters. The summed E-state index contributed by atoms with van der Waals surface area (Å²) in [6.07, 6.45) is -10.7. The van der Waals surface area contributed by atoms with Crippen LogP contribution in [-0.4, -0.2) is 44.4 Å². The number of phosphoric acid groups is 1. The van der Waals surface area contributed by atoms with Crippen LogP contribution in [0.2, 0.25) is 0 Å². The van der Waals surface area contributed by atoms with Crippen LogP contribution in [0.4, 0.5) is 35.1 Å². The Morgan fingerprint density at radius 2 is 1.15 bits per heavy atom. The lowest BCUT2D eigenvalue weighted by molar-refractivity contribution is -0.128. The molecular formula is C13H16F8NO4P. The average Bonchev–Trinajstić information content (AvgIpc) is 2.41. The zero-order valence-corrected chi connectivity index (χ0v) is 14.7. The first kappa shape index (κ1) is 25.7. The third kappa shape index (κ3) is 9.45. The van der Waals surface area contributed by atoms with Crippen molar-refractivity contribution in [3.05, 3.63) is 28.6 Å². The van der Waals surface area contributed by atoms with Crippen molar-refractivity contribution in [2.75, 3.05) is 0 Å². The number of halogens is 8. The summed E-state index contributed by atoms with van der Waals surface area (Å²) in [6, 6.07) is 0.810. The third-order valence-corrected chi connectivity index (χ3v) is 3.10. The van der Waals surface area contributed by atoms with E-state index < -0.39 is 45.4 Å². The Morgan fingerprint density at radius 1 is 0.889 bits per heavy atom. The molecule has 0 aliphatic heterocycles. The Bertz CT molecular complexity index is 629. The van der Waals surface area contributed by atoms with E-state index in [9.17, 15) is 35.1 Å². The van der Waals surface area contributed by atoms with Gasteiger partial charge in [0.25, 0.3) is 0 Å². The minimum absolute atomic E-state index is 0.0399. The summed E-state index contributed by atoms with van der Waals surface area (Å²) < 4.78 is 110. The van der Waals surface area contributed by atoms with Crippen LogP contribution in [-0.2, 0) is 17.4 Å². The molecular weight excluding hydrogens is 417 g/mol. The van der Waals surface area contributed by atoms with Gasteiger partial charge >= 0.3 is 32.5 Å². The molecule has 158 valence electrons. The Hall–Kier alpha value is -1.30. The van der Waals surface area contributed by atoms with Crippen molar-refractivity contribution in [1.29, 1.82) is 0 Å². The first-order valence-corrected chi connectivity index (χ1v) is 8.49. The van der Waals surface area contributed by atoms with Gasteiger partial charge in [0.2, 0.25) is 0 Å².